The van der Waals surface area contributed by atoms with Crippen molar-refractivity contribution in [3.8, 4) is 40.3 Å². The third-order valence-electron chi connectivity index (χ3n) is 6.26. The van der Waals surface area contributed by atoms with Crippen molar-refractivity contribution in [3.63, 3.8) is 0 Å². The third kappa shape index (κ3) is 3.30. The molecule has 6 rings (SSSR count). The molecule has 0 aliphatic carbocycles. The van der Waals surface area contributed by atoms with E-state index >= 15 is 0 Å². The van der Waals surface area contributed by atoms with Crippen LogP contribution in [0.15, 0.2) is 60.8 Å². The molecule has 162 valence electrons. The Hall–Kier alpha value is -4.24. The van der Waals surface area contributed by atoms with Gasteiger partial charge >= 0.3 is 0 Å². The molecule has 1 aromatic heterocycles. The van der Waals surface area contributed by atoms with E-state index in [2.05, 4.69) is 41.1 Å². The first-order valence-corrected chi connectivity index (χ1v) is 10.8. The predicted octanol–water partition coefficient (Wildman–Crippen LogP) is 4.54. The highest BCUT2D eigenvalue weighted by Gasteiger charge is 2.28. The Morgan fingerprint density at radius 1 is 1.03 bits per heavy atom. The van der Waals surface area contributed by atoms with Gasteiger partial charge in [-0.15, -0.1) is 0 Å². The Morgan fingerprint density at radius 3 is 2.64 bits per heavy atom. The number of nitrogens with zero attached hydrogens (tertiary/aromatic N) is 2. The lowest BCUT2D eigenvalue weighted by Gasteiger charge is -2.18. The zero-order chi connectivity index (χ0) is 22.4. The molecular weight excluding hydrogens is 416 g/mol. The molecule has 3 heterocycles. The Morgan fingerprint density at radius 2 is 1.85 bits per heavy atom. The second kappa shape index (κ2) is 7.72. The molecule has 0 amide bonds. The summed E-state index contributed by atoms with van der Waals surface area (Å²) in [6, 6.07) is 19.9. The molecule has 6 nitrogen and oxygen atoms in total. The molecule has 4 aromatic rings. The van der Waals surface area contributed by atoms with Crippen LogP contribution in [0.3, 0.4) is 0 Å². The fourth-order valence-corrected chi connectivity index (χ4v) is 4.54. The number of ether oxygens (including phenoxy) is 4. The van der Waals surface area contributed by atoms with Gasteiger partial charge in [-0.3, -0.25) is 0 Å². The standard InChI is InChI=1S/C27H21N2O4/c1-30-24-7-6-19-10-23-21-12-26-25(32-16-33-26)11-20(21)8-9-29(23)14-22(19)27(24)31-15-18-4-2-17(13-28)3-5-18/h2-7,10-12,14H,8-9,15-16H2,1H3/q+1. The number of methoxy groups -OCH3 is 1. The fraction of sp³-hybridized carbons (Fsp3) is 0.185. The van der Waals surface area contributed by atoms with Gasteiger partial charge in [0.1, 0.15) is 6.61 Å². The van der Waals surface area contributed by atoms with Gasteiger partial charge in [-0.2, -0.15) is 9.83 Å². The van der Waals surface area contributed by atoms with E-state index in [1.807, 2.05) is 18.2 Å². The predicted molar refractivity (Wildman–Crippen MR) is 121 cm³/mol. The van der Waals surface area contributed by atoms with Crippen molar-refractivity contribution >= 4 is 10.8 Å². The smallest absolute Gasteiger partial charge is 0.231 e. The lowest BCUT2D eigenvalue weighted by atomic mass is 9.95. The summed E-state index contributed by atoms with van der Waals surface area (Å²) in [6.45, 7) is 1.52. The van der Waals surface area contributed by atoms with Crippen LogP contribution in [-0.2, 0) is 19.6 Å². The van der Waals surface area contributed by atoms with Crippen molar-refractivity contribution in [2.45, 2.75) is 19.6 Å². The number of fused-ring (bicyclic) bond motifs is 5. The fourth-order valence-electron chi connectivity index (χ4n) is 4.54. The maximum Gasteiger partial charge on any atom is 0.231 e. The van der Waals surface area contributed by atoms with Crippen molar-refractivity contribution in [3.05, 3.63) is 77.5 Å². The number of hydrogen-bond acceptors (Lipinski definition) is 5. The van der Waals surface area contributed by atoms with Gasteiger partial charge in [0, 0.05) is 12.5 Å². The zero-order valence-electron chi connectivity index (χ0n) is 18.1. The first-order valence-electron chi connectivity index (χ1n) is 10.8. The molecule has 0 saturated carbocycles. The number of hydrogen-bond donors (Lipinski definition) is 0. The van der Waals surface area contributed by atoms with Gasteiger partial charge in [0.2, 0.25) is 12.5 Å². The van der Waals surface area contributed by atoms with E-state index in [0.29, 0.717) is 23.7 Å². The first-order chi connectivity index (χ1) is 16.2. The summed E-state index contributed by atoms with van der Waals surface area (Å²) in [5.74, 6) is 3.03. The van der Waals surface area contributed by atoms with E-state index in [1.54, 1.807) is 19.2 Å². The average molecular weight is 437 g/mol. The van der Waals surface area contributed by atoms with Crippen LogP contribution in [0.5, 0.6) is 23.0 Å². The molecule has 3 aromatic carbocycles. The second-order valence-corrected chi connectivity index (χ2v) is 8.16. The van der Waals surface area contributed by atoms with Crippen LogP contribution in [0.25, 0.3) is 22.0 Å². The van der Waals surface area contributed by atoms with Crippen LogP contribution in [0, 0.1) is 11.3 Å². The molecule has 0 N–H and O–H groups in total. The molecule has 0 saturated heterocycles. The summed E-state index contributed by atoms with van der Waals surface area (Å²) in [5, 5.41) is 11.1. The Bertz CT molecular complexity index is 1440. The van der Waals surface area contributed by atoms with Crippen molar-refractivity contribution in [2.24, 2.45) is 0 Å². The number of aryl methyl sites for hydroxylation is 2. The van der Waals surface area contributed by atoms with E-state index in [-0.39, 0.29) is 6.79 Å². The van der Waals surface area contributed by atoms with Crippen LogP contribution in [0.1, 0.15) is 16.7 Å². The van der Waals surface area contributed by atoms with Crippen LogP contribution in [0.2, 0.25) is 0 Å². The highest BCUT2D eigenvalue weighted by atomic mass is 16.7. The quantitative estimate of drug-likeness (QED) is 0.439. The minimum absolute atomic E-state index is 0.273. The van der Waals surface area contributed by atoms with Crippen molar-refractivity contribution in [2.75, 3.05) is 13.9 Å². The molecule has 2 aliphatic rings. The maximum absolute atomic E-state index is 9.01. The van der Waals surface area contributed by atoms with Gasteiger partial charge in [0.15, 0.2) is 35.7 Å². The SMILES string of the molecule is COc1ccc2cc3[n+](cc2c1OCc1ccc(C#N)cc1)CCc1cc2c(cc1-3)OCO2. The number of aromatic nitrogens is 1. The second-order valence-electron chi connectivity index (χ2n) is 8.16. The van der Waals surface area contributed by atoms with Gasteiger partial charge in [-0.25, -0.2) is 0 Å². The molecular formula is C27H21N2O4+. The molecule has 0 spiro atoms. The minimum atomic E-state index is 0.273. The molecule has 0 radical (unpaired) electrons. The molecule has 0 bridgehead atoms. The molecule has 0 atom stereocenters. The summed E-state index contributed by atoms with van der Waals surface area (Å²) in [7, 11) is 1.65. The van der Waals surface area contributed by atoms with E-state index in [4.69, 9.17) is 24.2 Å². The highest BCUT2D eigenvalue weighted by molar-refractivity contribution is 5.91. The lowest BCUT2D eigenvalue weighted by Crippen LogP contribution is -2.40. The van der Waals surface area contributed by atoms with Gasteiger partial charge < -0.3 is 18.9 Å². The van der Waals surface area contributed by atoms with Crippen LogP contribution in [-0.4, -0.2) is 13.9 Å². The van der Waals surface area contributed by atoms with Crippen LogP contribution < -0.4 is 23.5 Å². The number of pyridine rings is 1. The topological polar surface area (TPSA) is 64.6 Å². The Labute approximate surface area is 191 Å². The summed E-state index contributed by atoms with van der Waals surface area (Å²) < 4.78 is 25.3. The van der Waals surface area contributed by atoms with Crippen molar-refractivity contribution in [1.29, 1.82) is 5.26 Å². The Balaban J connectivity index is 1.41. The monoisotopic (exact) mass is 437 g/mol. The number of rotatable bonds is 4. The zero-order valence-corrected chi connectivity index (χ0v) is 18.1. The van der Waals surface area contributed by atoms with Crippen molar-refractivity contribution < 1.29 is 23.5 Å². The van der Waals surface area contributed by atoms with E-state index in [9.17, 15) is 0 Å². The molecule has 2 aliphatic heterocycles. The largest absolute Gasteiger partial charge is 0.493 e. The number of benzene rings is 3. The van der Waals surface area contributed by atoms with Crippen molar-refractivity contribution in [1.82, 2.24) is 0 Å². The molecule has 0 unspecified atom stereocenters. The lowest BCUT2D eigenvalue weighted by molar-refractivity contribution is -0.686. The molecule has 0 fully saturated rings. The number of nitriles is 1. The summed E-state index contributed by atoms with van der Waals surface area (Å²) in [6.07, 6.45) is 3.06. The maximum atomic E-state index is 9.01. The van der Waals surface area contributed by atoms with Gasteiger partial charge in [0.25, 0.3) is 0 Å². The van der Waals surface area contributed by atoms with Gasteiger partial charge in [-0.1, -0.05) is 12.1 Å². The van der Waals surface area contributed by atoms with Gasteiger partial charge in [-0.05, 0) is 52.9 Å². The molecule has 6 heteroatoms. The summed E-state index contributed by atoms with van der Waals surface area (Å²) >= 11 is 0. The van der Waals surface area contributed by atoms with E-state index in [0.717, 1.165) is 46.5 Å². The summed E-state index contributed by atoms with van der Waals surface area (Å²) in [4.78, 5) is 0. The average Bonchev–Trinajstić information content (AvgIpc) is 3.32. The highest BCUT2D eigenvalue weighted by Crippen LogP contribution is 2.41. The third-order valence-corrected chi connectivity index (χ3v) is 6.26. The van der Waals surface area contributed by atoms with Crippen LogP contribution >= 0.6 is 0 Å². The summed E-state index contributed by atoms with van der Waals surface area (Å²) in [5.41, 5.74) is 5.20. The first kappa shape index (κ1) is 19.4. The minimum Gasteiger partial charge on any atom is -0.493 e. The molecule has 33 heavy (non-hydrogen) atoms. The van der Waals surface area contributed by atoms with Gasteiger partial charge in [0.05, 0.1) is 29.7 Å². The normalized spacial score (nSPS) is 13.2. The van der Waals surface area contributed by atoms with E-state index in [1.165, 1.54) is 11.1 Å². The van der Waals surface area contributed by atoms with E-state index < -0.39 is 0 Å². The Kier molecular flexibility index (Phi) is 4.55. The van der Waals surface area contributed by atoms with Crippen LogP contribution in [0.4, 0.5) is 0 Å².